The number of amides is 1. The molecule has 2 rings (SSSR count). The summed E-state index contributed by atoms with van der Waals surface area (Å²) in [6.07, 6.45) is 4.44. The van der Waals surface area contributed by atoms with Crippen LogP contribution in [0.5, 0.6) is 0 Å². The molecule has 2 heterocycles. The largest absolute Gasteiger partial charge is 0.459 e. The minimum absolute atomic E-state index is 0.0438. The highest BCUT2D eigenvalue weighted by Gasteiger charge is 2.20. The van der Waals surface area contributed by atoms with E-state index in [1.54, 1.807) is 24.1 Å². The minimum Gasteiger partial charge on any atom is -0.459 e. The number of rotatable bonds is 3. The van der Waals surface area contributed by atoms with Crippen LogP contribution in [0.25, 0.3) is 0 Å². The zero-order valence-corrected chi connectivity index (χ0v) is 9.31. The second-order valence-electron chi connectivity index (χ2n) is 3.77. The quantitative estimate of drug-likeness (QED) is 0.729. The van der Waals surface area contributed by atoms with E-state index in [1.165, 1.54) is 11.8 Å². The van der Waals surface area contributed by atoms with Crippen molar-refractivity contribution in [3.05, 3.63) is 35.8 Å². The summed E-state index contributed by atoms with van der Waals surface area (Å²) in [7, 11) is 1.68. The molecule has 1 aliphatic rings. The standard InChI is InChI=1S/C12H15NO3/c1-15-9-10-4-6-13(7-5-10)12(14)11-3-2-8-16-11/h2-4,8H,5-7,9H2,1H3. The Hall–Kier alpha value is -1.55. The van der Waals surface area contributed by atoms with Gasteiger partial charge >= 0.3 is 0 Å². The molecule has 0 saturated carbocycles. The minimum atomic E-state index is -0.0438. The van der Waals surface area contributed by atoms with E-state index in [2.05, 4.69) is 0 Å². The van der Waals surface area contributed by atoms with E-state index >= 15 is 0 Å². The first-order valence-electron chi connectivity index (χ1n) is 5.31. The summed E-state index contributed by atoms with van der Waals surface area (Å²) in [5.74, 6) is 0.362. The van der Waals surface area contributed by atoms with Crippen molar-refractivity contribution in [1.29, 1.82) is 0 Å². The van der Waals surface area contributed by atoms with E-state index < -0.39 is 0 Å². The van der Waals surface area contributed by atoms with Gasteiger partial charge in [-0.1, -0.05) is 6.08 Å². The molecule has 0 fully saturated rings. The zero-order chi connectivity index (χ0) is 11.4. The van der Waals surface area contributed by atoms with Crippen molar-refractivity contribution in [3.63, 3.8) is 0 Å². The summed E-state index contributed by atoms with van der Waals surface area (Å²) in [6, 6.07) is 3.42. The number of carbonyl (C=O) groups is 1. The summed E-state index contributed by atoms with van der Waals surface area (Å²) < 4.78 is 10.1. The third-order valence-corrected chi connectivity index (χ3v) is 2.65. The van der Waals surface area contributed by atoms with Crippen LogP contribution >= 0.6 is 0 Å². The van der Waals surface area contributed by atoms with Gasteiger partial charge in [0, 0.05) is 20.2 Å². The summed E-state index contributed by atoms with van der Waals surface area (Å²) in [4.78, 5) is 13.7. The van der Waals surface area contributed by atoms with Crippen LogP contribution in [0.15, 0.2) is 34.5 Å². The first kappa shape index (κ1) is 11.0. The van der Waals surface area contributed by atoms with Gasteiger partial charge in [0.15, 0.2) is 5.76 Å². The Kier molecular flexibility index (Phi) is 3.41. The maximum absolute atomic E-state index is 11.9. The van der Waals surface area contributed by atoms with Crippen molar-refractivity contribution in [2.75, 3.05) is 26.8 Å². The van der Waals surface area contributed by atoms with Crippen molar-refractivity contribution < 1.29 is 13.9 Å². The molecular weight excluding hydrogens is 206 g/mol. The van der Waals surface area contributed by atoms with Crippen molar-refractivity contribution in [2.24, 2.45) is 0 Å². The maximum atomic E-state index is 11.9. The van der Waals surface area contributed by atoms with E-state index in [-0.39, 0.29) is 5.91 Å². The number of nitrogens with zero attached hydrogens (tertiary/aromatic N) is 1. The molecule has 0 aromatic carbocycles. The van der Waals surface area contributed by atoms with Crippen LogP contribution in [0.4, 0.5) is 0 Å². The van der Waals surface area contributed by atoms with E-state index in [9.17, 15) is 4.79 Å². The van der Waals surface area contributed by atoms with Gasteiger partial charge < -0.3 is 14.1 Å². The number of ether oxygens (including phenoxy) is 1. The summed E-state index contributed by atoms with van der Waals surface area (Å²) >= 11 is 0. The lowest BCUT2D eigenvalue weighted by Crippen LogP contribution is -2.35. The van der Waals surface area contributed by atoms with E-state index in [0.717, 1.165) is 13.0 Å². The normalized spacial score (nSPS) is 16.1. The van der Waals surface area contributed by atoms with Crippen molar-refractivity contribution in [2.45, 2.75) is 6.42 Å². The highest BCUT2D eigenvalue weighted by molar-refractivity contribution is 5.91. The molecule has 4 heteroatoms. The predicted molar refractivity (Wildman–Crippen MR) is 59.2 cm³/mol. The molecule has 1 aromatic heterocycles. The molecule has 1 amide bonds. The number of hydrogen-bond donors (Lipinski definition) is 0. The highest BCUT2D eigenvalue weighted by Crippen LogP contribution is 2.14. The van der Waals surface area contributed by atoms with E-state index in [1.807, 2.05) is 6.08 Å². The fourth-order valence-corrected chi connectivity index (χ4v) is 1.77. The third kappa shape index (κ3) is 2.33. The molecule has 4 nitrogen and oxygen atoms in total. The van der Waals surface area contributed by atoms with Gasteiger partial charge in [0.05, 0.1) is 12.9 Å². The molecule has 86 valence electrons. The maximum Gasteiger partial charge on any atom is 0.289 e. The second-order valence-corrected chi connectivity index (χ2v) is 3.77. The number of methoxy groups -OCH3 is 1. The zero-order valence-electron chi connectivity index (χ0n) is 9.31. The van der Waals surface area contributed by atoms with Crippen molar-refractivity contribution in [3.8, 4) is 0 Å². The lowest BCUT2D eigenvalue weighted by molar-refractivity contribution is 0.0733. The fourth-order valence-electron chi connectivity index (χ4n) is 1.77. The van der Waals surface area contributed by atoms with Crippen molar-refractivity contribution in [1.82, 2.24) is 4.90 Å². The molecule has 0 saturated heterocycles. The van der Waals surface area contributed by atoms with Gasteiger partial charge in [0.1, 0.15) is 0 Å². The van der Waals surface area contributed by atoms with Crippen LogP contribution in [0.3, 0.4) is 0 Å². The summed E-state index contributed by atoms with van der Waals surface area (Å²) in [6.45, 7) is 2.02. The molecule has 0 radical (unpaired) electrons. The Morgan fingerprint density at radius 2 is 2.50 bits per heavy atom. The molecule has 1 aromatic rings. The first-order valence-corrected chi connectivity index (χ1v) is 5.31. The molecule has 0 aliphatic carbocycles. The molecule has 0 bridgehead atoms. The van der Waals surface area contributed by atoms with Crippen LogP contribution in [0.2, 0.25) is 0 Å². The molecule has 0 atom stereocenters. The number of carbonyl (C=O) groups excluding carboxylic acids is 1. The molecule has 16 heavy (non-hydrogen) atoms. The van der Waals surface area contributed by atoms with E-state index in [0.29, 0.717) is 18.9 Å². The van der Waals surface area contributed by atoms with Crippen LogP contribution in [-0.4, -0.2) is 37.6 Å². The molecule has 1 aliphatic heterocycles. The number of furan rings is 1. The average molecular weight is 221 g/mol. The van der Waals surface area contributed by atoms with Crippen LogP contribution in [0, 0.1) is 0 Å². The monoisotopic (exact) mass is 221 g/mol. The Morgan fingerprint density at radius 1 is 1.62 bits per heavy atom. The Bertz CT molecular complexity index is 381. The fraction of sp³-hybridized carbons (Fsp3) is 0.417. The van der Waals surface area contributed by atoms with Gasteiger partial charge in [0.2, 0.25) is 0 Å². The lowest BCUT2D eigenvalue weighted by atomic mass is 10.1. The number of hydrogen-bond acceptors (Lipinski definition) is 3. The molecule has 0 N–H and O–H groups in total. The van der Waals surface area contributed by atoms with Gasteiger partial charge in [-0.25, -0.2) is 0 Å². The van der Waals surface area contributed by atoms with Gasteiger partial charge in [-0.05, 0) is 24.1 Å². The van der Waals surface area contributed by atoms with E-state index in [4.69, 9.17) is 9.15 Å². The predicted octanol–water partition coefficient (Wildman–Crippen LogP) is 1.70. The average Bonchev–Trinajstić information content (AvgIpc) is 2.83. The summed E-state index contributed by atoms with van der Waals surface area (Å²) in [5.41, 5.74) is 1.26. The van der Waals surface area contributed by atoms with Gasteiger partial charge in [-0.3, -0.25) is 4.79 Å². The second kappa shape index (κ2) is 4.99. The Morgan fingerprint density at radius 3 is 3.06 bits per heavy atom. The first-order chi connectivity index (χ1) is 7.81. The van der Waals surface area contributed by atoms with Crippen LogP contribution in [-0.2, 0) is 4.74 Å². The van der Waals surface area contributed by atoms with Gasteiger partial charge in [0.25, 0.3) is 5.91 Å². The third-order valence-electron chi connectivity index (χ3n) is 2.65. The van der Waals surface area contributed by atoms with Crippen LogP contribution in [0.1, 0.15) is 17.0 Å². The Balaban J connectivity index is 1.97. The lowest BCUT2D eigenvalue weighted by Gasteiger charge is -2.25. The van der Waals surface area contributed by atoms with Gasteiger partial charge in [-0.15, -0.1) is 0 Å². The van der Waals surface area contributed by atoms with Crippen molar-refractivity contribution >= 4 is 5.91 Å². The van der Waals surface area contributed by atoms with Crippen LogP contribution < -0.4 is 0 Å². The van der Waals surface area contributed by atoms with Gasteiger partial charge in [-0.2, -0.15) is 0 Å². The molecular formula is C12H15NO3. The molecule has 0 spiro atoms. The topological polar surface area (TPSA) is 42.7 Å². The highest BCUT2D eigenvalue weighted by atomic mass is 16.5. The SMILES string of the molecule is COCC1=CCN(C(=O)c2ccco2)CC1. The smallest absolute Gasteiger partial charge is 0.289 e. The molecule has 0 unspecified atom stereocenters. The summed E-state index contributed by atoms with van der Waals surface area (Å²) in [5, 5.41) is 0. The Labute approximate surface area is 94.5 Å².